The highest BCUT2D eigenvalue weighted by Crippen LogP contribution is 2.44. The molecule has 1 aliphatic heterocycles. The Labute approximate surface area is 134 Å². The summed E-state index contributed by atoms with van der Waals surface area (Å²) in [4.78, 5) is 11.6. The van der Waals surface area contributed by atoms with Crippen LogP contribution in [0, 0.1) is 0 Å². The van der Waals surface area contributed by atoms with Crippen LogP contribution >= 0.6 is 0 Å². The topological polar surface area (TPSA) is 148 Å². The quantitative estimate of drug-likeness (QED) is 0.242. The molecule has 1 rings (SSSR count). The number of carbonyl (C=O) groups excluding carboxylic acids is 1. The predicted octanol–water partition coefficient (Wildman–Crippen LogP) is 0.0467. The smallest absolute Gasteiger partial charge is 0.378 e. The Morgan fingerprint density at radius 1 is 1.22 bits per heavy atom. The number of esters is 1. The second-order valence-electron chi connectivity index (χ2n) is 5.95. The Morgan fingerprint density at radius 2 is 1.87 bits per heavy atom. The van der Waals surface area contributed by atoms with Gasteiger partial charge in [-0.2, -0.15) is 0 Å². The van der Waals surface area contributed by atoms with Gasteiger partial charge in [-0.1, -0.05) is 32.6 Å². The summed E-state index contributed by atoms with van der Waals surface area (Å²) in [5.41, 5.74) is -4.29. The van der Waals surface area contributed by atoms with Crippen molar-refractivity contribution >= 4 is 5.97 Å². The van der Waals surface area contributed by atoms with Crippen LogP contribution in [0.2, 0.25) is 0 Å². The van der Waals surface area contributed by atoms with E-state index in [9.17, 15) is 30.3 Å². The molecule has 8 nitrogen and oxygen atoms in total. The van der Waals surface area contributed by atoms with Crippen molar-refractivity contribution in [1.82, 2.24) is 0 Å². The van der Waals surface area contributed by atoms with Crippen molar-refractivity contribution in [2.75, 3.05) is 13.2 Å². The molecule has 0 aromatic rings. The second-order valence-corrected chi connectivity index (χ2v) is 5.95. The third kappa shape index (κ3) is 3.77. The molecular weight excluding hydrogens is 308 g/mol. The van der Waals surface area contributed by atoms with Crippen LogP contribution in [-0.4, -0.2) is 67.1 Å². The first-order valence-electron chi connectivity index (χ1n) is 7.76. The second kappa shape index (κ2) is 7.96. The number of carbonyl (C=O) groups is 1. The number of rotatable bonds is 10. The number of cyclic esters (lactones) is 1. The molecule has 0 aromatic carbocycles. The first kappa shape index (κ1) is 19.7. The van der Waals surface area contributed by atoms with E-state index in [1.807, 2.05) is 6.92 Å². The maximum Gasteiger partial charge on any atom is 0.378 e. The Balaban J connectivity index is 3.14. The molecule has 0 aromatic heterocycles. The summed E-state index contributed by atoms with van der Waals surface area (Å²) in [6.45, 7) is 0.440. The van der Waals surface area contributed by atoms with Crippen LogP contribution in [0.5, 0.6) is 0 Å². The Hall–Kier alpha value is -1.35. The zero-order valence-electron chi connectivity index (χ0n) is 13.2. The lowest BCUT2D eigenvalue weighted by Crippen LogP contribution is -2.60. The largest absolute Gasteiger partial charge is 0.505 e. The van der Waals surface area contributed by atoms with Crippen molar-refractivity contribution in [3.05, 3.63) is 11.5 Å². The van der Waals surface area contributed by atoms with Gasteiger partial charge in [0.05, 0.1) is 19.3 Å². The molecule has 23 heavy (non-hydrogen) atoms. The zero-order chi connectivity index (χ0) is 17.7. The number of hydrogen-bond donors (Lipinski definition) is 6. The molecule has 0 amide bonds. The normalized spacial score (nSPS) is 25.3. The van der Waals surface area contributed by atoms with Crippen molar-refractivity contribution < 1.29 is 40.2 Å². The average Bonchev–Trinajstić information content (AvgIpc) is 2.76. The van der Waals surface area contributed by atoms with E-state index in [0.29, 0.717) is 6.42 Å². The maximum absolute atomic E-state index is 11.6. The molecule has 0 spiro atoms. The molecule has 1 heterocycles. The number of unbranched alkanes of at least 4 members (excludes halogenated alkanes) is 3. The van der Waals surface area contributed by atoms with Crippen molar-refractivity contribution in [1.29, 1.82) is 0 Å². The van der Waals surface area contributed by atoms with E-state index in [1.54, 1.807) is 0 Å². The fourth-order valence-electron chi connectivity index (χ4n) is 2.84. The highest BCUT2D eigenvalue weighted by atomic mass is 16.6. The van der Waals surface area contributed by atoms with Crippen LogP contribution in [0.3, 0.4) is 0 Å². The van der Waals surface area contributed by atoms with Gasteiger partial charge >= 0.3 is 5.97 Å². The molecule has 6 N–H and O–H groups in total. The van der Waals surface area contributed by atoms with E-state index in [-0.39, 0.29) is 6.42 Å². The van der Waals surface area contributed by atoms with Gasteiger partial charge in [0, 0.05) is 6.42 Å². The lowest BCUT2D eigenvalue weighted by atomic mass is 9.75. The lowest BCUT2D eigenvalue weighted by molar-refractivity contribution is -0.203. The number of hydrogen-bond acceptors (Lipinski definition) is 8. The highest BCUT2D eigenvalue weighted by Gasteiger charge is 2.62. The molecule has 1 aliphatic rings. The van der Waals surface area contributed by atoms with Gasteiger partial charge in [-0.3, -0.25) is 0 Å². The van der Waals surface area contributed by atoms with Gasteiger partial charge in [0.2, 0.25) is 11.4 Å². The van der Waals surface area contributed by atoms with Crippen molar-refractivity contribution in [2.24, 2.45) is 0 Å². The van der Waals surface area contributed by atoms with Gasteiger partial charge in [-0.25, -0.2) is 4.79 Å². The van der Waals surface area contributed by atoms with Gasteiger partial charge in [0.25, 0.3) is 0 Å². The number of aliphatic hydroxyl groups is 6. The Bertz CT molecular complexity index is 449. The molecular formula is C15H26O8. The third-order valence-corrected chi connectivity index (χ3v) is 4.26. The molecule has 8 heteroatoms. The van der Waals surface area contributed by atoms with Gasteiger partial charge in [-0.15, -0.1) is 0 Å². The van der Waals surface area contributed by atoms with Crippen LogP contribution in [-0.2, 0) is 9.53 Å². The Kier molecular flexibility index (Phi) is 6.82. The lowest BCUT2D eigenvalue weighted by Gasteiger charge is -2.42. The van der Waals surface area contributed by atoms with Crippen LogP contribution in [0.15, 0.2) is 11.5 Å². The van der Waals surface area contributed by atoms with Crippen LogP contribution < -0.4 is 0 Å². The van der Waals surface area contributed by atoms with E-state index < -0.39 is 54.4 Å². The Morgan fingerprint density at radius 3 is 2.30 bits per heavy atom. The minimum Gasteiger partial charge on any atom is -0.505 e. The van der Waals surface area contributed by atoms with E-state index >= 15 is 0 Å². The molecule has 134 valence electrons. The van der Waals surface area contributed by atoms with E-state index in [1.165, 1.54) is 0 Å². The van der Waals surface area contributed by atoms with E-state index in [2.05, 4.69) is 0 Å². The summed E-state index contributed by atoms with van der Waals surface area (Å²) in [7, 11) is 0. The third-order valence-electron chi connectivity index (χ3n) is 4.26. The monoisotopic (exact) mass is 334 g/mol. The van der Waals surface area contributed by atoms with Crippen molar-refractivity contribution in [2.45, 2.75) is 62.8 Å². The molecule has 0 saturated carbocycles. The standard InChI is InChI=1S/C15H26O8/c1-2-3-4-5-6-14(22,9-17)15(7-10(18)8-16)12(20)11(19)13(21)23-15/h10,16-20,22H,2-9H2,1H3/t10?,14-,15-/m0/s1. The van der Waals surface area contributed by atoms with Crippen LogP contribution in [0.1, 0.15) is 45.4 Å². The summed E-state index contributed by atoms with van der Waals surface area (Å²) in [6, 6.07) is 0. The van der Waals surface area contributed by atoms with Gasteiger partial charge in [0.15, 0.2) is 5.76 Å². The molecule has 0 fully saturated rings. The summed E-state index contributed by atoms with van der Waals surface area (Å²) in [5, 5.41) is 58.8. The first-order chi connectivity index (χ1) is 10.8. The minimum absolute atomic E-state index is 0.0216. The molecule has 1 unspecified atom stereocenters. The number of ether oxygens (including phenoxy) is 1. The van der Waals surface area contributed by atoms with Gasteiger partial charge in [-0.05, 0) is 6.42 Å². The van der Waals surface area contributed by atoms with Crippen LogP contribution in [0.25, 0.3) is 0 Å². The molecule has 0 aliphatic carbocycles. The molecule has 0 bridgehead atoms. The van der Waals surface area contributed by atoms with Crippen molar-refractivity contribution in [3.63, 3.8) is 0 Å². The predicted molar refractivity (Wildman–Crippen MR) is 79.6 cm³/mol. The molecule has 0 radical (unpaired) electrons. The summed E-state index contributed by atoms with van der Waals surface area (Å²) in [6.07, 6.45) is 1.08. The summed E-state index contributed by atoms with van der Waals surface area (Å²) >= 11 is 0. The first-order valence-corrected chi connectivity index (χ1v) is 7.76. The summed E-state index contributed by atoms with van der Waals surface area (Å²) < 4.78 is 4.96. The summed E-state index contributed by atoms with van der Waals surface area (Å²) in [5.74, 6) is -3.27. The zero-order valence-corrected chi connectivity index (χ0v) is 13.2. The van der Waals surface area contributed by atoms with Crippen LogP contribution in [0.4, 0.5) is 0 Å². The average molecular weight is 334 g/mol. The van der Waals surface area contributed by atoms with E-state index in [4.69, 9.17) is 9.84 Å². The fraction of sp³-hybridized carbons (Fsp3) is 0.800. The van der Waals surface area contributed by atoms with E-state index in [0.717, 1.165) is 19.3 Å². The fourth-order valence-corrected chi connectivity index (χ4v) is 2.84. The highest BCUT2D eigenvalue weighted by molar-refractivity contribution is 5.90. The SMILES string of the molecule is CCCCCC[C@](O)(CO)[C@@]1(CC(O)CO)OC(=O)C(O)=C1O. The number of aliphatic hydroxyl groups excluding tert-OH is 5. The van der Waals surface area contributed by atoms with Gasteiger partial charge in [0.1, 0.15) is 5.60 Å². The molecule has 0 saturated heterocycles. The minimum atomic E-state index is -2.20. The maximum atomic E-state index is 11.6. The molecule has 3 atom stereocenters. The van der Waals surface area contributed by atoms with Crippen molar-refractivity contribution in [3.8, 4) is 0 Å². The van der Waals surface area contributed by atoms with Gasteiger partial charge < -0.3 is 35.4 Å².